The molecule has 0 saturated heterocycles. The topological polar surface area (TPSA) is 46.9 Å². The van der Waals surface area contributed by atoms with Gasteiger partial charge in [0.2, 0.25) is 0 Å². The molecule has 0 aromatic carbocycles. The van der Waals surface area contributed by atoms with Gasteiger partial charge in [0.15, 0.2) is 0 Å². The zero-order valence-electron chi connectivity index (χ0n) is 7.00. The van der Waals surface area contributed by atoms with E-state index in [0.29, 0.717) is 11.2 Å². The van der Waals surface area contributed by atoms with Gasteiger partial charge >= 0.3 is 6.55 Å². The summed E-state index contributed by atoms with van der Waals surface area (Å²) in [6.07, 6.45) is 1.16. The molecule has 1 amide bonds. The molecule has 1 aromatic heterocycles. The van der Waals surface area contributed by atoms with Crippen LogP contribution in [0.1, 0.15) is 24.0 Å². The maximum atomic E-state index is 12.2. The average molecular weight is 189 g/mol. The molecule has 0 aliphatic rings. The van der Waals surface area contributed by atoms with Crippen LogP contribution in [0.5, 0.6) is 0 Å². The zero-order valence-corrected chi connectivity index (χ0v) is 7.00. The Morgan fingerprint density at radius 1 is 1.77 bits per heavy atom. The van der Waals surface area contributed by atoms with Crippen molar-refractivity contribution < 1.29 is 13.6 Å². The van der Waals surface area contributed by atoms with Crippen molar-refractivity contribution in [3.63, 3.8) is 0 Å². The molecule has 6 heteroatoms. The van der Waals surface area contributed by atoms with Crippen LogP contribution in [0.2, 0.25) is 0 Å². The van der Waals surface area contributed by atoms with Crippen LogP contribution in [0.15, 0.2) is 12.3 Å². The lowest BCUT2D eigenvalue weighted by Crippen LogP contribution is -2.26. The van der Waals surface area contributed by atoms with E-state index in [0.717, 1.165) is 6.20 Å². The normalized spacial score (nSPS) is 10.5. The Labute approximate surface area is 73.5 Å². The molecule has 72 valence electrons. The van der Waals surface area contributed by atoms with E-state index < -0.39 is 12.5 Å². The van der Waals surface area contributed by atoms with Gasteiger partial charge in [-0.2, -0.15) is 18.6 Å². The monoisotopic (exact) mass is 189 g/mol. The Bertz CT molecular complexity index is 298. The van der Waals surface area contributed by atoms with Crippen LogP contribution in [-0.2, 0) is 0 Å². The lowest BCUT2D eigenvalue weighted by Gasteiger charge is -2.04. The van der Waals surface area contributed by atoms with E-state index in [1.807, 2.05) is 0 Å². The summed E-state index contributed by atoms with van der Waals surface area (Å²) in [5.41, 5.74) is -0.128. The van der Waals surface area contributed by atoms with Crippen molar-refractivity contribution >= 4 is 5.91 Å². The molecular weight excluding hydrogens is 180 g/mol. The van der Waals surface area contributed by atoms with Crippen LogP contribution < -0.4 is 5.32 Å². The van der Waals surface area contributed by atoms with E-state index in [9.17, 15) is 13.6 Å². The highest BCUT2D eigenvalue weighted by molar-refractivity contribution is 5.92. The fourth-order valence-corrected chi connectivity index (χ4v) is 0.901. The summed E-state index contributed by atoms with van der Waals surface area (Å²) in [4.78, 5) is 11.1. The number of carbonyl (C=O) groups excluding carboxylic acids is 1. The Morgan fingerprint density at radius 2 is 2.46 bits per heavy atom. The number of halogens is 2. The number of carbonyl (C=O) groups is 1. The van der Waals surface area contributed by atoms with Crippen LogP contribution in [0.3, 0.4) is 0 Å². The number of hydrogen-bond donors (Lipinski definition) is 1. The first kappa shape index (κ1) is 9.63. The number of hydrogen-bond acceptors (Lipinski definition) is 2. The molecular formula is C7H9F2N3O. The molecule has 4 nitrogen and oxygen atoms in total. The molecule has 13 heavy (non-hydrogen) atoms. The van der Waals surface area contributed by atoms with Gasteiger partial charge in [-0.3, -0.25) is 4.79 Å². The molecule has 0 spiro atoms. The Morgan fingerprint density at radius 3 is 3.00 bits per heavy atom. The van der Waals surface area contributed by atoms with Gasteiger partial charge in [0.25, 0.3) is 5.91 Å². The second-order valence-corrected chi connectivity index (χ2v) is 2.30. The van der Waals surface area contributed by atoms with Crippen molar-refractivity contribution in [3.05, 3.63) is 18.0 Å². The third-order valence-corrected chi connectivity index (χ3v) is 1.43. The van der Waals surface area contributed by atoms with Gasteiger partial charge in [0.1, 0.15) is 5.69 Å². The van der Waals surface area contributed by atoms with E-state index in [1.54, 1.807) is 6.92 Å². The predicted octanol–water partition coefficient (Wildman–Crippen LogP) is 1.03. The Hall–Kier alpha value is -1.46. The molecule has 0 saturated carbocycles. The van der Waals surface area contributed by atoms with Gasteiger partial charge in [-0.15, -0.1) is 0 Å². The summed E-state index contributed by atoms with van der Waals surface area (Å²) in [5, 5.41) is 5.73. The summed E-state index contributed by atoms with van der Waals surface area (Å²) in [7, 11) is 0. The summed E-state index contributed by atoms with van der Waals surface area (Å²) in [6.45, 7) is -0.679. The van der Waals surface area contributed by atoms with E-state index in [4.69, 9.17) is 0 Å². The minimum absolute atomic E-state index is 0.128. The van der Waals surface area contributed by atoms with Crippen molar-refractivity contribution in [2.45, 2.75) is 13.5 Å². The van der Waals surface area contributed by atoms with E-state index >= 15 is 0 Å². The molecule has 0 atom stereocenters. The van der Waals surface area contributed by atoms with Crippen molar-refractivity contribution in [1.82, 2.24) is 15.1 Å². The first-order chi connectivity index (χ1) is 6.16. The molecule has 0 bridgehead atoms. The van der Waals surface area contributed by atoms with Gasteiger partial charge in [-0.1, -0.05) is 0 Å². The number of nitrogens with zero attached hydrogens (tertiary/aromatic N) is 2. The van der Waals surface area contributed by atoms with Crippen molar-refractivity contribution in [2.75, 3.05) is 6.54 Å². The fourth-order valence-electron chi connectivity index (χ4n) is 0.901. The quantitative estimate of drug-likeness (QED) is 0.771. The lowest BCUT2D eigenvalue weighted by molar-refractivity contribution is 0.0510. The SMILES string of the molecule is CCNC(=O)c1ccnn1C(F)F. The van der Waals surface area contributed by atoms with Crippen molar-refractivity contribution in [3.8, 4) is 0 Å². The summed E-state index contributed by atoms with van der Waals surface area (Å²) in [5.74, 6) is -0.541. The molecule has 1 N–H and O–H groups in total. The van der Waals surface area contributed by atoms with Gasteiger partial charge in [-0.05, 0) is 13.0 Å². The molecule has 1 heterocycles. The number of amides is 1. The maximum absolute atomic E-state index is 12.2. The Kier molecular flexibility index (Phi) is 2.94. The first-order valence-corrected chi connectivity index (χ1v) is 3.76. The zero-order chi connectivity index (χ0) is 9.84. The average Bonchev–Trinajstić information content (AvgIpc) is 2.52. The van der Waals surface area contributed by atoms with Crippen LogP contribution in [0.25, 0.3) is 0 Å². The van der Waals surface area contributed by atoms with Gasteiger partial charge < -0.3 is 5.32 Å². The fraction of sp³-hybridized carbons (Fsp3) is 0.429. The smallest absolute Gasteiger partial charge is 0.333 e. The standard InChI is InChI=1S/C7H9F2N3O/c1-2-10-6(13)5-3-4-11-12(5)7(8)9/h3-4,7H,2H2,1H3,(H,10,13). The van der Waals surface area contributed by atoms with E-state index in [-0.39, 0.29) is 5.69 Å². The molecule has 0 aliphatic heterocycles. The van der Waals surface area contributed by atoms with Crippen LogP contribution in [-0.4, -0.2) is 22.2 Å². The summed E-state index contributed by atoms with van der Waals surface area (Å²) in [6, 6.07) is 1.25. The van der Waals surface area contributed by atoms with Gasteiger partial charge in [-0.25, -0.2) is 0 Å². The molecule has 0 fully saturated rings. The van der Waals surface area contributed by atoms with Crippen molar-refractivity contribution in [1.29, 1.82) is 0 Å². The second kappa shape index (κ2) is 3.97. The summed E-state index contributed by atoms with van der Waals surface area (Å²) >= 11 is 0. The number of nitrogens with one attached hydrogen (secondary N) is 1. The minimum atomic E-state index is -2.78. The lowest BCUT2D eigenvalue weighted by atomic mass is 10.4. The summed E-state index contributed by atoms with van der Waals surface area (Å²) < 4.78 is 24.7. The third kappa shape index (κ3) is 2.01. The van der Waals surface area contributed by atoms with Crippen LogP contribution >= 0.6 is 0 Å². The molecule has 1 aromatic rings. The van der Waals surface area contributed by atoms with Crippen LogP contribution in [0.4, 0.5) is 8.78 Å². The third-order valence-electron chi connectivity index (χ3n) is 1.43. The minimum Gasteiger partial charge on any atom is -0.351 e. The Balaban J connectivity index is 2.87. The van der Waals surface area contributed by atoms with E-state index in [2.05, 4.69) is 10.4 Å². The molecule has 1 rings (SSSR count). The van der Waals surface area contributed by atoms with Crippen molar-refractivity contribution in [2.24, 2.45) is 0 Å². The molecule has 0 unspecified atom stereocenters. The number of aromatic nitrogens is 2. The molecule has 0 aliphatic carbocycles. The highest BCUT2D eigenvalue weighted by Crippen LogP contribution is 2.11. The number of alkyl halides is 2. The first-order valence-electron chi connectivity index (χ1n) is 3.76. The van der Waals surface area contributed by atoms with Gasteiger partial charge in [0.05, 0.1) is 0 Å². The van der Waals surface area contributed by atoms with Crippen LogP contribution in [0, 0.1) is 0 Å². The molecule has 0 radical (unpaired) electrons. The highest BCUT2D eigenvalue weighted by atomic mass is 19.3. The predicted molar refractivity (Wildman–Crippen MR) is 41.5 cm³/mol. The highest BCUT2D eigenvalue weighted by Gasteiger charge is 2.16. The van der Waals surface area contributed by atoms with E-state index in [1.165, 1.54) is 6.07 Å². The number of rotatable bonds is 3. The second-order valence-electron chi connectivity index (χ2n) is 2.30. The van der Waals surface area contributed by atoms with Gasteiger partial charge in [0, 0.05) is 12.7 Å². The maximum Gasteiger partial charge on any atom is 0.333 e. The largest absolute Gasteiger partial charge is 0.351 e.